The zero-order chi connectivity index (χ0) is 14.0. The highest BCUT2D eigenvalue weighted by Crippen LogP contribution is 2.35. The third-order valence-corrected chi connectivity index (χ3v) is 5.14. The molecule has 0 bridgehead atoms. The maximum atomic E-state index is 12.1. The number of carbonyl (C=O) groups excluding carboxylic acids is 1. The molecule has 3 saturated heterocycles. The lowest BCUT2D eigenvalue weighted by molar-refractivity contribution is -0.177. The zero-order valence-corrected chi connectivity index (χ0v) is 12.2. The van der Waals surface area contributed by atoms with Crippen molar-refractivity contribution in [2.24, 2.45) is 0 Å². The molecule has 1 N–H and O–H groups in total. The van der Waals surface area contributed by atoms with Gasteiger partial charge in [0.15, 0.2) is 0 Å². The van der Waals surface area contributed by atoms with Crippen LogP contribution in [0.4, 0.5) is 0 Å². The Morgan fingerprint density at radius 2 is 1.85 bits per heavy atom. The third kappa shape index (κ3) is 2.85. The molecule has 0 aromatic carbocycles. The van der Waals surface area contributed by atoms with Crippen molar-refractivity contribution >= 4 is 5.91 Å². The smallest absolute Gasteiger partial charge is 0.236 e. The topological polar surface area (TPSA) is 53.0 Å². The molecule has 0 unspecified atom stereocenters. The first kappa shape index (κ1) is 14.3. The Morgan fingerprint density at radius 3 is 2.50 bits per heavy atom. The average Bonchev–Trinajstić information content (AvgIpc) is 2.99. The Bertz CT molecular complexity index is 347. The molecule has 0 radical (unpaired) electrons. The second-order valence-corrected chi connectivity index (χ2v) is 6.44. The Labute approximate surface area is 120 Å². The molecular weight excluding hydrogens is 256 g/mol. The second-order valence-electron chi connectivity index (χ2n) is 6.44. The van der Waals surface area contributed by atoms with Crippen molar-refractivity contribution in [3.63, 3.8) is 0 Å². The van der Waals surface area contributed by atoms with Gasteiger partial charge < -0.3 is 14.7 Å². The summed E-state index contributed by atoms with van der Waals surface area (Å²) < 4.78 is 5.90. The van der Waals surface area contributed by atoms with Crippen LogP contribution in [-0.2, 0) is 9.53 Å². The fourth-order valence-electron chi connectivity index (χ4n) is 3.74. The number of ether oxygens (including phenoxy) is 1. The number of rotatable bonds is 2. The Kier molecular flexibility index (Phi) is 4.29. The molecule has 3 heterocycles. The lowest BCUT2D eigenvalue weighted by Crippen LogP contribution is -2.56. The minimum atomic E-state index is -0.328. The zero-order valence-electron chi connectivity index (χ0n) is 12.2. The number of hydrogen-bond donors (Lipinski definition) is 1. The van der Waals surface area contributed by atoms with E-state index in [0.29, 0.717) is 6.54 Å². The highest BCUT2D eigenvalue weighted by Gasteiger charge is 2.43. The van der Waals surface area contributed by atoms with Gasteiger partial charge in [0.05, 0.1) is 18.2 Å². The van der Waals surface area contributed by atoms with E-state index in [1.807, 2.05) is 4.90 Å². The molecule has 20 heavy (non-hydrogen) atoms. The molecule has 3 aliphatic rings. The monoisotopic (exact) mass is 282 g/mol. The Morgan fingerprint density at radius 1 is 1.15 bits per heavy atom. The SMILES string of the molecule is O=C(CN1CCC2(CC1)OCCC[C@H]2O)N1CCCC1. The van der Waals surface area contributed by atoms with E-state index in [2.05, 4.69) is 4.90 Å². The number of aliphatic hydroxyl groups is 1. The summed E-state index contributed by atoms with van der Waals surface area (Å²) in [6, 6.07) is 0. The number of nitrogens with zero attached hydrogens (tertiary/aromatic N) is 2. The number of amides is 1. The van der Waals surface area contributed by atoms with Gasteiger partial charge in [0.2, 0.25) is 5.91 Å². The fraction of sp³-hybridized carbons (Fsp3) is 0.933. The molecular formula is C15H26N2O3. The minimum Gasteiger partial charge on any atom is -0.390 e. The summed E-state index contributed by atoms with van der Waals surface area (Å²) in [5.74, 6) is 0.267. The van der Waals surface area contributed by atoms with Gasteiger partial charge in [0, 0.05) is 32.8 Å². The minimum absolute atomic E-state index is 0.267. The van der Waals surface area contributed by atoms with Gasteiger partial charge in [-0.05, 0) is 38.5 Å². The summed E-state index contributed by atoms with van der Waals surface area (Å²) in [7, 11) is 0. The third-order valence-electron chi connectivity index (χ3n) is 5.14. The van der Waals surface area contributed by atoms with Crippen molar-refractivity contribution in [2.75, 3.05) is 39.3 Å². The van der Waals surface area contributed by atoms with Crippen LogP contribution in [0, 0.1) is 0 Å². The van der Waals surface area contributed by atoms with E-state index in [-0.39, 0.29) is 17.6 Å². The summed E-state index contributed by atoms with van der Waals surface area (Å²) >= 11 is 0. The van der Waals surface area contributed by atoms with E-state index in [1.165, 1.54) is 0 Å². The lowest BCUT2D eigenvalue weighted by Gasteiger charge is -2.46. The first-order valence-electron chi connectivity index (χ1n) is 8.02. The molecule has 1 amide bonds. The number of piperidine rings is 1. The Hall–Kier alpha value is -0.650. The molecule has 1 spiro atoms. The van der Waals surface area contributed by atoms with Gasteiger partial charge in [-0.3, -0.25) is 9.69 Å². The normalized spacial score (nSPS) is 30.9. The van der Waals surface area contributed by atoms with E-state index in [1.54, 1.807) is 0 Å². The van der Waals surface area contributed by atoms with E-state index in [9.17, 15) is 9.90 Å². The van der Waals surface area contributed by atoms with Crippen LogP contribution >= 0.6 is 0 Å². The first-order chi connectivity index (χ1) is 9.70. The van der Waals surface area contributed by atoms with E-state index in [4.69, 9.17) is 4.74 Å². The van der Waals surface area contributed by atoms with Crippen LogP contribution in [0.2, 0.25) is 0 Å². The summed E-state index contributed by atoms with van der Waals surface area (Å²) in [5, 5.41) is 10.2. The standard InChI is InChI=1S/C15H26N2O3/c18-13-4-3-11-20-15(13)5-9-16(10-6-15)12-14(19)17-7-1-2-8-17/h13,18H,1-12H2/t13-/m1/s1. The molecule has 5 heteroatoms. The molecule has 1 atom stereocenters. The van der Waals surface area contributed by atoms with Gasteiger partial charge in [0.1, 0.15) is 0 Å². The molecule has 0 aliphatic carbocycles. The predicted octanol–water partition coefficient (Wildman–Crippen LogP) is 0.615. The highest BCUT2D eigenvalue weighted by atomic mass is 16.5. The molecule has 3 rings (SSSR count). The molecule has 114 valence electrons. The maximum absolute atomic E-state index is 12.1. The predicted molar refractivity (Wildman–Crippen MR) is 75.4 cm³/mol. The van der Waals surface area contributed by atoms with Crippen LogP contribution in [0.15, 0.2) is 0 Å². The number of aliphatic hydroxyl groups excluding tert-OH is 1. The molecule has 3 aliphatic heterocycles. The maximum Gasteiger partial charge on any atom is 0.236 e. The van der Waals surface area contributed by atoms with Crippen LogP contribution < -0.4 is 0 Å². The molecule has 0 aromatic rings. The van der Waals surface area contributed by atoms with Gasteiger partial charge in [0.25, 0.3) is 0 Å². The van der Waals surface area contributed by atoms with Crippen molar-refractivity contribution in [1.29, 1.82) is 0 Å². The molecule has 0 aromatic heterocycles. The summed E-state index contributed by atoms with van der Waals surface area (Å²) in [5.41, 5.74) is -0.328. The Balaban J connectivity index is 1.49. The van der Waals surface area contributed by atoms with Crippen LogP contribution in [0.1, 0.15) is 38.5 Å². The summed E-state index contributed by atoms with van der Waals surface area (Å²) in [6.45, 7) is 4.88. The fourth-order valence-corrected chi connectivity index (χ4v) is 3.74. The highest BCUT2D eigenvalue weighted by molar-refractivity contribution is 5.78. The molecule has 0 saturated carbocycles. The first-order valence-corrected chi connectivity index (χ1v) is 8.02. The largest absolute Gasteiger partial charge is 0.390 e. The quantitative estimate of drug-likeness (QED) is 0.806. The van der Waals surface area contributed by atoms with Crippen LogP contribution in [0.3, 0.4) is 0 Å². The van der Waals surface area contributed by atoms with Crippen LogP contribution in [-0.4, -0.2) is 71.8 Å². The second kappa shape index (κ2) is 6.00. The van der Waals surface area contributed by atoms with E-state index >= 15 is 0 Å². The summed E-state index contributed by atoms with van der Waals surface area (Å²) in [6.07, 6.45) is 5.48. The number of likely N-dealkylation sites (tertiary alicyclic amines) is 2. The molecule has 3 fully saturated rings. The van der Waals surface area contributed by atoms with Crippen LogP contribution in [0.25, 0.3) is 0 Å². The molecule has 5 nitrogen and oxygen atoms in total. The van der Waals surface area contributed by atoms with Crippen molar-refractivity contribution in [3.8, 4) is 0 Å². The van der Waals surface area contributed by atoms with Crippen molar-refractivity contribution in [2.45, 2.75) is 50.2 Å². The van der Waals surface area contributed by atoms with Crippen molar-refractivity contribution in [1.82, 2.24) is 9.80 Å². The van der Waals surface area contributed by atoms with E-state index < -0.39 is 0 Å². The van der Waals surface area contributed by atoms with E-state index in [0.717, 1.165) is 71.3 Å². The van der Waals surface area contributed by atoms with Gasteiger partial charge in [-0.25, -0.2) is 0 Å². The average molecular weight is 282 g/mol. The van der Waals surface area contributed by atoms with Gasteiger partial charge >= 0.3 is 0 Å². The number of hydrogen-bond acceptors (Lipinski definition) is 4. The van der Waals surface area contributed by atoms with Crippen LogP contribution in [0.5, 0.6) is 0 Å². The van der Waals surface area contributed by atoms with Crippen molar-refractivity contribution < 1.29 is 14.6 Å². The summed E-state index contributed by atoms with van der Waals surface area (Å²) in [4.78, 5) is 16.4. The van der Waals surface area contributed by atoms with Gasteiger partial charge in [-0.2, -0.15) is 0 Å². The lowest BCUT2D eigenvalue weighted by atomic mass is 9.82. The number of carbonyl (C=O) groups is 1. The van der Waals surface area contributed by atoms with Gasteiger partial charge in [-0.15, -0.1) is 0 Å². The van der Waals surface area contributed by atoms with Crippen molar-refractivity contribution in [3.05, 3.63) is 0 Å². The van der Waals surface area contributed by atoms with Gasteiger partial charge in [-0.1, -0.05) is 0 Å².